The van der Waals surface area contributed by atoms with Crippen LogP contribution in [0.15, 0.2) is 12.1 Å². The maximum atomic E-state index is 12.6. The molecule has 9 nitrogen and oxygen atoms in total. The largest absolute Gasteiger partial charge is 0.493 e. The molecule has 2 heterocycles. The van der Waals surface area contributed by atoms with Crippen LogP contribution >= 0.6 is 0 Å². The van der Waals surface area contributed by atoms with Crippen molar-refractivity contribution in [3.8, 4) is 17.2 Å². The molecule has 2 fully saturated rings. The number of ether oxygens (including phenoxy) is 4. The van der Waals surface area contributed by atoms with Crippen molar-refractivity contribution in [2.24, 2.45) is 11.8 Å². The number of cyclic esters (lactones) is 1. The Hall–Kier alpha value is -2.97. The first-order valence-electron chi connectivity index (χ1n) is 8.30. The van der Waals surface area contributed by atoms with Crippen LogP contribution in [-0.2, 0) is 25.5 Å². The van der Waals surface area contributed by atoms with Crippen molar-refractivity contribution in [2.75, 3.05) is 41.0 Å². The SMILES string of the molecule is COc1cc(CC(=O)N2C[C@@H]3COC(=O)[C@@H]3C2)cc(OC)c1OC.O=CO. The van der Waals surface area contributed by atoms with E-state index in [1.807, 2.05) is 0 Å². The number of carboxylic acid groups (broad SMARTS) is 1. The van der Waals surface area contributed by atoms with Crippen LogP contribution in [0.4, 0.5) is 0 Å². The Balaban J connectivity index is 0.000000817. The van der Waals surface area contributed by atoms with Gasteiger partial charge in [0.2, 0.25) is 11.7 Å². The van der Waals surface area contributed by atoms with Gasteiger partial charge in [0.15, 0.2) is 11.5 Å². The fourth-order valence-electron chi connectivity index (χ4n) is 3.33. The Morgan fingerprint density at radius 2 is 1.81 bits per heavy atom. The molecule has 1 N–H and O–H groups in total. The number of esters is 1. The van der Waals surface area contributed by atoms with E-state index < -0.39 is 0 Å². The van der Waals surface area contributed by atoms with Gasteiger partial charge in [-0.05, 0) is 17.7 Å². The second-order valence-corrected chi connectivity index (χ2v) is 6.11. The fourth-order valence-corrected chi connectivity index (χ4v) is 3.33. The number of benzene rings is 1. The highest BCUT2D eigenvalue weighted by Crippen LogP contribution is 2.38. The minimum absolute atomic E-state index is 0.0218. The van der Waals surface area contributed by atoms with Gasteiger partial charge in [0.1, 0.15) is 0 Å². The lowest BCUT2D eigenvalue weighted by Crippen LogP contribution is -2.32. The third-order valence-electron chi connectivity index (χ3n) is 4.62. The molecule has 0 aliphatic carbocycles. The molecule has 3 rings (SSSR count). The van der Waals surface area contributed by atoms with Crippen LogP contribution in [-0.4, -0.2) is 69.4 Å². The Bertz CT molecular complexity index is 680. The Labute approximate surface area is 156 Å². The highest BCUT2D eigenvalue weighted by molar-refractivity contribution is 5.82. The lowest BCUT2D eigenvalue weighted by atomic mass is 10.0. The fraction of sp³-hybridized carbons (Fsp3) is 0.500. The zero-order valence-electron chi connectivity index (χ0n) is 15.5. The summed E-state index contributed by atoms with van der Waals surface area (Å²) in [5, 5.41) is 6.89. The van der Waals surface area contributed by atoms with Gasteiger partial charge in [-0.2, -0.15) is 0 Å². The smallest absolute Gasteiger partial charge is 0.311 e. The number of likely N-dealkylation sites (tertiary alicyclic amines) is 1. The molecule has 2 aliphatic rings. The number of fused-ring (bicyclic) bond motifs is 1. The highest BCUT2D eigenvalue weighted by atomic mass is 16.5. The van der Waals surface area contributed by atoms with Gasteiger partial charge in [-0.15, -0.1) is 0 Å². The number of methoxy groups -OCH3 is 3. The number of hydrogen-bond acceptors (Lipinski definition) is 7. The third kappa shape index (κ3) is 4.42. The summed E-state index contributed by atoms with van der Waals surface area (Å²) in [6, 6.07) is 3.54. The van der Waals surface area contributed by atoms with E-state index >= 15 is 0 Å². The van der Waals surface area contributed by atoms with E-state index in [1.165, 1.54) is 21.3 Å². The zero-order chi connectivity index (χ0) is 20.0. The van der Waals surface area contributed by atoms with Crippen molar-refractivity contribution in [2.45, 2.75) is 6.42 Å². The van der Waals surface area contributed by atoms with E-state index in [1.54, 1.807) is 17.0 Å². The van der Waals surface area contributed by atoms with Gasteiger partial charge < -0.3 is 29.0 Å². The molecule has 2 aliphatic heterocycles. The average Bonchev–Trinajstić information content (AvgIpc) is 3.23. The molecule has 2 atom stereocenters. The highest BCUT2D eigenvalue weighted by Gasteiger charge is 2.45. The summed E-state index contributed by atoms with van der Waals surface area (Å²) in [4.78, 5) is 34.3. The summed E-state index contributed by atoms with van der Waals surface area (Å²) in [5.74, 6) is 1.27. The molecule has 1 amide bonds. The van der Waals surface area contributed by atoms with Crippen molar-refractivity contribution in [1.82, 2.24) is 4.90 Å². The van der Waals surface area contributed by atoms with Crippen LogP contribution in [0, 0.1) is 11.8 Å². The van der Waals surface area contributed by atoms with E-state index in [-0.39, 0.29) is 36.6 Å². The molecule has 27 heavy (non-hydrogen) atoms. The molecule has 0 bridgehead atoms. The van der Waals surface area contributed by atoms with Crippen molar-refractivity contribution in [1.29, 1.82) is 0 Å². The summed E-state index contributed by atoms with van der Waals surface area (Å²) in [5.41, 5.74) is 0.772. The summed E-state index contributed by atoms with van der Waals surface area (Å²) >= 11 is 0. The summed E-state index contributed by atoms with van der Waals surface area (Å²) < 4.78 is 20.9. The third-order valence-corrected chi connectivity index (χ3v) is 4.62. The van der Waals surface area contributed by atoms with Gasteiger partial charge in [0.25, 0.3) is 6.47 Å². The molecular weight excluding hydrogens is 358 g/mol. The monoisotopic (exact) mass is 381 g/mol. The number of carbonyl (C=O) groups excluding carboxylic acids is 2. The molecule has 1 aromatic carbocycles. The second kappa shape index (κ2) is 9.11. The first kappa shape index (κ1) is 20.3. The van der Waals surface area contributed by atoms with Crippen molar-refractivity contribution in [3.63, 3.8) is 0 Å². The second-order valence-electron chi connectivity index (χ2n) is 6.11. The minimum atomic E-state index is -0.250. The van der Waals surface area contributed by atoms with Gasteiger partial charge in [-0.3, -0.25) is 14.4 Å². The number of carbonyl (C=O) groups is 3. The van der Waals surface area contributed by atoms with E-state index in [0.29, 0.717) is 36.9 Å². The molecule has 0 aromatic heterocycles. The van der Waals surface area contributed by atoms with Crippen molar-refractivity contribution >= 4 is 18.3 Å². The average molecular weight is 381 g/mol. The van der Waals surface area contributed by atoms with Gasteiger partial charge in [0.05, 0.1) is 40.3 Å². The maximum Gasteiger partial charge on any atom is 0.311 e. The van der Waals surface area contributed by atoms with Gasteiger partial charge >= 0.3 is 5.97 Å². The zero-order valence-corrected chi connectivity index (χ0v) is 15.5. The van der Waals surface area contributed by atoms with Crippen molar-refractivity contribution < 1.29 is 38.4 Å². The lowest BCUT2D eigenvalue weighted by Gasteiger charge is -2.18. The van der Waals surface area contributed by atoms with E-state index in [4.69, 9.17) is 28.8 Å². The van der Waals surface area contributed by atoms with Gasteiger partial charge in [0, 0.05) is 19.0 Å². The van der Waals surface area contributed by atoms with E-state index in [9.17, 15) is 9.59 Å². The van der Waals surface area contributed by atoms with E-state index in [2.05, 4.69) is 0 Å². The molecule has 0 radical (unpaired) electrons. The summed E-state index contributed by atoms with van der Waals surface area (Å²) in [7, 11) is 4.61. The Morgan fingerprint density at radius 1 is 1.22 bits per heavy atom. The summed E-state index contributed by atoms with van der Waals surface area (Å²) in [6.45, 7) is 1.17. The standard InChI is InChI=1S/C17H21NO6.CH2O2/c1-21-13-4-10(5-14(22-2)16(13)23-3)6-15(19)18-7-11-9-24-17(20)12(11)8-18;2-1-3/h4-5,11-12H,6-9H2,1-3H3;1H,(H,2,3)/t11-,12-;/m1./s1. The first-order valence-corrected chi connectivity index (χ1v) is 8.30. The molecule has 9 heteroatoms. The van der Waals surface area contributed by atoms with Crippen LogP contribution in [0.25, 0.3) is 0 Å². The Kier molecular flexibility index (Phi) is 6.86. The lowest BCUT2D eigenvalue weighted by molar-refractivity contribution is -0.142. The van der Waals surface area contributed by atoms with Gasteiger partial charge in [-0.1, -0.05) is 0 Å². The minimum Gasteiger partial charge on any atom is -0.493 e. The van der Waals surface area contributed by atoms with E-state index in [0.717, 1.165) is 5.56 Å². The molecule has 2 saturated heterocycles. The molecule has 0 saturated carbocycles. The predicted molar refractivity (Wildman–Crippen MR) is 93.0 cm³/mol. The van der Waals surface area contributed by atoms with Crippen LogP contribution < -0.4 is 14.2 Å². The Morgan fingerprint density at radius 3 is 2.30 bits per heavy atom. The molecule has 1 aromatic rings. The van der Waals surface area contributed by atoms with Gasteiger partial charge in [-0.25, -0.2) is 0 Å². The van der Waals surface area contributed by atoms with Crippen molar-refractivity contribution in [3.05, 3.63) is 17.7 Å². The molecular formula is C18H23NO8. The molecule has 0 spiro atoms. The normalized spacial score (nSPS) is 20.1. The van der Waals surface area contributed by atoms with Crippen LogP contribution in [0.5, 0.6) is 17.2 Å². The topological polar surface area (TPSA) is 112 Å². The maximum absolute atomic E-state index is 12.6. The number of hydrogen-bond donors (Lipinski definition) is 1. The first-order chi connectivity index (χ1) is 13.0. The van der Waals surface area contributed by atoms with Crippen LogP contribution in [0.2, 0.25) is 0 Å². The predicted octanol–water partition coefficient (Wildman–Crippen LogP) is 0.587. The van der Waals surface area contributed by atoms with Crippen LogP contribution in [0.3, 0.4) is 0 Å². The molecule has 0 unspecified atom stereocenters. The molecule has 148 valence electrons. The number of rotatable bonds is 5. The number of nitrogens with zero attached hydrogens (tertiary/aromatic N) is 1. The summed E-state index contributed by atoms with van der Waals surface area (Å²) in [6.07, 6.45) is 0.213. The number of amides is 1. The van der Waals surface area contributed by atoms with Crippen LogP contribution in [0.1, 0.15) is 5.56 Å². The quantitative estimate of drug-likeness (QED) is 0.583.